The fourth-order valence-corrected chi connectivity index (χ4v) is 3.09. The zero-order valence-electron chi connectivity index (χ0n) is 11.4. The van der Waals surface area contributed by atoms with Crippen LogP contribution in [0.2, 0.25) is 0 Å². The predicted molar refractivity (Wildman–Crippen MR) is 69.1 cm³/mol. The zero-order valence-corrected chi connectivity index (χ0v) is 11.4. The average molecular weight is 284 g/mol. The van der Waals surface area contributed by atoms with Crippen LogP contribution in [0.1, 0.15) is 37.0 Å². The van der Waals surface area contributed by atoms with Gasteiger partial charge in [0.05, 0.1) is 12.0 Å². The summed E-state index contributed by atoms with van der Waals surface area (Å²) in [7, 11) is 0. The van der Waals surface area contributed by atoms with Crippen LogP contribution in [0.3, 0.4) is 0 Å². The van der Waals surface area contributed by atoms with Crippen molar-refractivity contribution in [1.82, 2.24) is 0 Å². The second kappa shape index (κ2) is 5.48. The first kappa shape index (κ1) is 14.9. The van der Waals surface area contributed by atoms with Gasteiger partial charge in [-0.05, 0) is 43.4 Å². The highest BCUT2D eigenvalue weighted by Crippen LogP contribution is 2.44. The number of carbonyl (C=O) groups is 1. The molecule has 0 bridgehead atoms. The third kappa shape index (κ3) is 2.68. The molecule has 1 aliphatic rings. The van der Waals surface area contributed by atoms with Gasteiger partial charge in [-0.25, -0.2) is 8.78 Å². The summed E-state index contributed by atoms with van der Waals surface area (Å²) in [6, 6.07) is 2.00. The molecule has 2 rings (SSSR count). The lowest BCUT2D eigenvalue weighted by molar-refractivity contribution is -0.144. The molecule has 0 radical (unpaired) electrons. The van der Waals surface area contributed by atoms with Gasteiger partial charge in [0, 0.05) is 11.5 Å². The van der Waals surface area contributed by atoms with E-state index in [1.165, 1.54) is 6.92 Å². The van der Waals surface area contributed by atoms with Gasteiger partial charge in [-0.2, -0.15) is 0 Å². The molecule has 0 heterocycles. The van der Waals surface area contributed by atoms with Gasteiger partial charge in [-0.15, -0.1) is 0 Å². The van der Waals surface area contributed by atoms with E-state index in [1.54, 1.807) is 0 Å². The minimum atomic E-state index is -1.30. The Morgan fingerprint density at radius 3 is 2.55 bits per heavy atom. The Balaban J connectivity index is 2.33. The van der Waals surface area contributed by atoms with E-state index >= 15 is 0 Å². The van der Waals surface area contributed by atoms with E-state index in [9.17, 15) is 23.8 Å². The van der Waals surface area contributed by atoms with Crippen molar-refractivity contribution < 1.29 is 23.8 Å². The minimum Gasteiger partial charge on any atom is -0.481 e. The smallest absolute Gasteiger partial charge is 0.306 e. The number of carboxylic acids is 1. The Morgan fingerprint density at radius 1 is 1.30 bits per heavy atom. The first-order chi connectivity index (χ1) is 9.31. The van der Waals surface area contributed by atoms with E-state index in [2.05, 4.69) is 0 Å². The van der Waals surface area contributed by atoms with Crippen molar-refractivity contribution in [2.45, 2.75) is 32.8 Å². The molecule has 4 atom stereocenters. The maximum absolute atomic E-state index is 13.9. The number of hydrogen-bond donors (Lipinski definition) is 2. The van der Waals surface area contributed by atoms with Crippen molar-refractivity contribution in [2.24, 2.45) is 17.8 Å². The van der Waals surface area contributed by atoms with Crippen LogP contribution in [-0.4, -0.2) is 16.2 Å². The van der Waals surface area contributed by atoms with Crippen LogP contribution in [0.4, 0.5) is 8.78 Å². The molecule has 1 aliphatic carbocycles. The quantitative estimate of drug-likeness (QED) is 0.897. The number of halogens is 2. The molecule has 5 heteroatoms. The normalized spacial score (nSPS) is 27.6. The van der Waals surface area contributed by atoms with Gasteiger partial charge in [0.2, 0.25) is 0 Å². The fraction of sp³-hybridized carbons (Fsp3) is 0.533. The first-order valence-corrected chi connectivity index (χ1v) is 6.67. The predicted octanol–water partition coefficient (Wildman–Crippen LogP) is 3.05. The molecule has 0 aromatic heterocycles. The van der Waals surface area contributed by atoms with Crippen LogP contribution in [0.5, 0.6) is 0 Å². The Kier molecular flexibility index (Phi) is 4.09. The van der Waals surface area contributed by atoms with E-state index in [-0.39, 0.29) is 17.0 Å². The number of benzene rings is 1. The van der Waals surface area contributed by atoms with Crippen molar-refractivity contribution >= 4 is 5.97 Å². The topological polar surface area (TPSA) is 57.5 Å². The second-order valence-corrected chi connectivity index (χ2v) is 5.75. The molecule has 4 unspecified atom stereocenters. The van der Waals surface area contributed by atoms with E-state index in [0.29, 0.717) is 12.8 Å². The van der Waals surface area contributed by atoms with Crippen LogP contribution in [0.15, 0.2) is 12.1 Å². The highest BCUT2D eigenvalue weighted by Gasteiger charge is 2.42. The number of carboxylic acid groups (broad SMARTS) is 1. The largest absolute Gasteiger partial charge is 0.481 e. The van der Waals surface area contributed by atoms with Gasteiger partial charge in [-0.3, -0.25) is 4.79 Å². The maximum Gasteiger partial charge on any atom is 0.306 e. The zero-order chi connectivity index (χ0) is 15.0. The molecule has 0 spiro atoms. The van der Waals surface area contributed by atoms with Crippen LogP contribution in [0, 0.1) is 36.3 Å². The summed E-state index contributed by atoms with van der Waals surface area (Å²) < 4.78 is 27.4. The fourth-order valence-electron chi connectivity index (χ4n) is 3.09. The minimum absolute atomic E-state index is 0.147. The third-order valence-electron chi connectivity index (χ3n) is 4.17. The number of aryl methyl sites for hydroxylation is 1. The summed E-state index contributed by atoms with van der Waals surface area (Å²) in [5.74, 6) is -3.44. The second-order valence-electron chi connectivity index (χ2n) is 5.75. The monoisotopic (exact) mass is 284 g/mol. The van der Waals surface area contributed by atoms with Crippen molar-refractivity contribution in [2.75, 3.05) is 0 Å². The third-order valence-corrected chi connectivity index (χ3v) is 4.17. The molecule has 0 amide bonds. The van der Waals surface area contributed by atoms with Crippen molar-refractivity contribution in [3.05, 3.63) is 34.9 Å². The van der Waals surface area contributed by atoms with E-state index in [0.717, 1.165) is 12.1 Å². The summed E-state index contributed by atoms with van der Waals surface area (Å²) in [4.78, 5) is 11.2. The molecule has 1 aromatic carbocycles. The number of aliphatic hydroxyl groups is 1. The molecule has 110 valence electrons. The van der Waals surface area contributed by atoms with Crippen molar-refractivity contribution in [3.63, 3.8) is 0 Å². The van der Waals surface area contributed by atoms with Crippen molar-refractivity contribution in [3.8, 4) is 0 Å². The number of aliphatic hydroxyl groups excluding tert-OH is 1. The van der Waals surface area contributed by atoms with Gasteiger partial charge in [0.15, 0.2) is 0 Å². The maximum atomic E-state index is 13.9. The summed E-state index contributed by atoms with van der Waals surface area (Å²) in [6.07, 6.45) is -0.351. The SMILES string of the molecule is Cc1cc(F)c(C(O)C2CC(C)CC2C(=O)O)cc1F. The Morgan fingerprint density at radius 2 is 1.95 bits per heavy atom. The number of aliphatic carboxylic acids is 1. The molecule has 0 saturated heterocycles. The Labute approximate surface area is 116 Å². The molecule has 1 saturated carbocycles. The van der Waals surface area contributed by atoms with E-state index < -0.39 is 35.5 Å². The Bertz CT molecular complexity index is 530. The van der Waals surface area contributed by atoms with Crippen LogP contribution >= 0.6 is 0 Å². The molecule has 1 aromatic rings. The lowest BCUT2D eigenvalue weighted by Crippen LogP contribution is -2.24. The van der Waals surface area contributed by atoms with Crippen molar-refractivity contribution in [1.29, 1.82) is 0 Å². The standard InChI is InChI=1S/C15H18F2O3/c1-7-3-9(10(4-7)15(19)20)14(18)11-6-12(16)8(2)5-13(11)17/h5-7,9-10,14,18H,3-4H2,1-2H3,(H,19,20). The summed E-state index contributed by atoms with van der Waals surface area (Å²) >= 11 is 0. The summed E-state index contributed by atoms with van der Waals surface area (Å²) in [6.45, 7) is 3.33. The summed E-state index contributed by atoms with van der Waals surface area (Å²) in [5, 5.41) is 19.5. The first-order valence-electron chi connectivity index (χ1n) is 6.67. The van der Waals surface area contributed by atoms with E-state index in [1.807, 2.05) is 6.92 Å². The molecule has 3 nitrogen and oxygen atoms in total. The Hall–Kier alpha value is -1.49. The molecule has 0 aliphatic heterocycles. The lowest BCUT2D eigenvalue weighted by atomic mass is 9.86. The lowest BCUT2D eigenvalue weighted by Gasteiger charge is -2.23. The van der Waals surface area contributed by atoms with Gasteiger partial charge in [0.1, 0.15) is 11.6 Å². The average Bonchev–Trinajstić information content (AvgIpc) is 2.75. The number of hydrogen-bond acceptors (Lipinski definition) is 2. The molecular weight excluding hydrogens is 266 g/mol. The summed E-state index contributed by atoms with van der Waals surface area (Å²) in [5.41, 5.74) is 0.00599. The molecule has 20 heavy (non-hydrogen) atoms. The highest BCUT2D eigenvalue weighted by atomic mass is 19.1. The molecule has 2 N–H and O–H groups in total. The van der Waals surface area contributed by atoms with Crippen LogP contribution in [-0.2, 0) is 4.79 Å². The highest BCUT2D eigenvalue weighted by molar-refractivity contribution is 5.71. The number of rotatable bonds is 3. The molecule has 1 fully saturated rings. The van der Waals surface area contributed by atoms with E-state index in [4.69, 9.17) is 0 Å². The molecular formula is C15H18F2O3. The van der Waals surface area contributed by atoms with Crippen LogP contribution < -0.4 is 0 Å². The van der Waals surface area contributed by atoms with Gasteiger partial charge >= 0.3 is 5.97 Å². The van der Waals surface area contributed by atoms with Gasteiger partial charge in [-0.1, -0.05) is 6.92 Å². The van der Waals surface area contributed by atoms with Gasteiger partial charge < -0.3 is 10.2 Å². The van der Waals surface area contributed by atoms with Gasteiger partial charge in [0.25, 0.3) is 0 Å². The van der Waals surface area contributed by atoms with Crippen LogP contribution in [0.25, 0.3) is 0 Å².